The van der Waals surface area contributed by atoms with Crippen LogP contribution in [0.3, 0.4) is 0 Å². The van der Waals surface area contributed by atoms with Crippen molar-refractivity contribution in [3.63, 3.8) is 0 Å². The molecule has 5 heteroatoms. The van der Waals surface area contributed by atoms with E-state index in [1.54, 1.807) is 0 Å². The molecule has 1 radical (unpaired) electrons. The summed E-state index contributed by atoms with van der Waals surface area (Å²) in [6.07, 6.45) is 0. The Balaban J connectivity index is 1.04. The van der Waals surface area contributed by atoms with Gasteiger partial charge < -0.3 is 14.6 Å². The van der Waals surface area contributed by atoms with E-state index in [2.05, 4.69) is 258 Å². The monoisotopic (exact) mass is 939 g/mol. The number of thiophene rings is 1. The summed E-state index contributed by atoms with van der Waals surface area (Å²) < 4.78 is 9.36. The molecule has 1 aliphatic rings. The first kappa shape index (κ1) is 42.5. The molecule has 1 N–H and O–H groups in total. The Kier molecular flexibility index (Phi) is 9.65. The van der Waals surface area contributed by atoms with E-state index in [-0.39, 0.29) is 5.41 Å². The van der Waals surface area contributed by atoms with Crippen LogP contribution in [0.2, 0.25) is 0 Å². The van der Waals surface area contributed by atoms with Crippen molar-refractivity contribution in [2.24, 2.45) is 0 Å². The lowest BCUT2D eigenvalue weighted by molar-refractivity contribution is 0.590. The second kappa shape index (κ2) is 16.3. The molecule has 0 saturated heterocycles. The molecule has 0 bridgehead atoms. The van der Waals surface area contributed by atoms with Crippen molar-refractivity contribution in [2.75, 3.05) is 10.2 Å². The van der Waals surface area contributed by atoms with Crippen LogP contribution in [0.5, 0.6) is 0 Å². The summed E-state index contributed by atoms with van der Waals surface area (Å²) >= 11 is 1.89. The molecular formula is C67H48BN2OS. The van der Waals surface area contributed by atoms with Gasteiger partial charge in [-0.1, -0.05) is 166 Å². The Bertz CT molecular complexity index is 4320. The van der Waals surface area contributed by atoms with Gasteiger partial charge in [0.2, 0.25) is 0 Å². The zero-order valence-corrected chi connectivity index (χ0v) is 41.4. The predicted octanol–water partition coefficient (Wildman–Crippen LogP) is 18.0. The third-order valence-electron chi connectivity index (χ3n) is 14.8. The van der Waals surface area contributed by atoms with Crippen molar-refractivity contribution in [1.82, 2.24) is 0 Å². The molecule has 1 aliphatic heterocycles. The number of aryl methyl sites for hydroxylation is 1. The number of furan rings is 1. The number of nitrogens with one attached hydrogen (secondary N) is 1. The second-order valence-electron chi connectivity index (χ2n) is 20.5. The quantitative estimate of drug-likeness (QED) is 0.168. The Morgan fingerprint density at radius 2 is 1.11 bits per heavy atom. The molecule has 11 aromatic carbocycles. The summed E-state index contributed by atoms with van der Waals surface area (Å²) in [5.74, 6) is 0. The highest BCUT2D eigenvalue weighted by molar-refractivity contribution is 7.26. The van der Waals surface area contributed by atoms with Gasteiger partial charge in [0.05, 0.1) is 11.4 Å². The van der Waals surface area contributed by atoms with E-state index in [1.165, 1.54) is 80.9 Å². The molecule has 0 aliphatic carbocycles. The van der Waals surface area contributed by atoms with Crippen LogP contribution in [0.15, 0.2) is 217 Å². The maximum absolute atomic E-state index is 6.79. The van der Waals surface area contributed by atoms with Crippen LogP contribution >= 0.6 is 11.3 Å². The largest absolute Gasteiger partial charge is 0.456 e. The molecule has 0 spiro atoms. The number of fused-ring (bicyclic) bond motifs is 11. The van der Waals surface area contributed by atoms with Crippen LogP contribution in [0.4, 0.5) is 28.4 Å². The van der Waals surface area contributed by atoms with E-state index in [0.29, 0.717) is 0 Å². The Morgan fingerprint density at radius 1 is 0.486 bits per heavy atom. The van der Waals surface area contributed by atoms with Gasteiger partial charge in [-0.2, -0.15) is 0 Å². The summed E-state index contributed by atoms with van der Waals surface area (Å²) in [6, 6.07) is 78.1. The molecule has 0 amide bonds. The van der Waals surface area contributed by atoms with Crippen LogP contribution in [-0.4, -0.2) is 7.28 Å². The highest BCUT2D eigenvalue weighted by atomic mass is 32.1. The van der Waals surface area contributed by atoms with Crippen molar-refractivity contribution in [2.45, 2.75) is 33.1 Å². The van der Waals surface area contributed by atoms with Gasteiger partial charge in [0.25, 0.3) is 0 Å². The van der Waals surface area contributed by atoms with E-state index >= 15 is 0 Å². The average Bonchev–Trinajstić information content (AvgIpc) is 3.95. The zero-order valence-electron chi connectivity index (χ0n) is 40.5. The molecule has 0 unspecified atom stereocenters. The molecule has 72 heavy (non-hydrogen) atoms. The minimum absolute atomic E-state index is 0.0529. The van der Waals surface area contributed by atoms with Crippen LogP contribution in [0.1, 0.15) is 31.9 Å². The topological polar surface area (TPSA) is 28.4 Å². The van der Waals surface area contributed by atoms with Crippen molar-refractivity contribution >= 4 is 122 Å². The summed E-state index contributed by atoms with van der Waals surface area (Å²) in [4.78, 5) is 2.60. The molecule has 0 atom stereocenters. The van der Waals surface area contributed by atoms with E-state index in [0.717, 1.165) is 66.7 Å². The van der Waals surface area contributed by atoms with Gasteiger partial charge in [-0.3, -0.25) is 0 Å². The molecule has 3 nitrogen and oxygen atoms in total. The fourth-order valence-corrected chi connectivity index (χ4v) is 12.3. The van der Waals surface area contributed by atoms with Crippen molar-refractivity contribution in [3.05, 3.63) is 223 Å². The molecule has 3 heterocycles. The number of rotatable bonds is 6. The summed E-state index contributed by atoms with van der Waals surface area (Å²) in [5.41, 5.74) is 19.0. The number of nitrogens with zero attached hydrogens (tertiary/aromatic N) is 1. The predicted molar refractivity (Wildman–Crippen MR) is 311 cm³/mol. The molecule has 0 saturated carbocycles. The maximum Gasteiger partial charge on any atom is 0.197 e. The van der Waals surface area contributed by atoms with E-state index < -0.39 is 0 Å². The van der Waals surface area contributed by atoms with Crippen LogP contribution < -0.4 is 21.1 Å². The molecule has 341 valence electrons. The summed E-state index contributed by atoms with van der Waals surface area (Å²) in [5, 5.41) is 13.5. The van der Waals surface area contributed by atoms with E-state index in [9.17, 15) is 0 Å². The summed E-state index contributed by atoms with van der Waals surface area (Å²) in [6.45, 7) is 9.18. The lowest BCUT2D eigenvalue weighted by atomic mass is 9.57. The molecule has 2 aromatic heterocycles. The Hall–Kier alpha value is -8.38. The number of anilines is 5. The first-order valence-corrected chi connectivity index (χ1v) is 25.7. The minimum Gasteiger partial charge on any atom is -0.456 e. The smallest absolute Gasteiger partial charge is 0.197 e. The first-order chi connectivity index (χ1) is 35.2. The van der Waals surface area contributed by atoms with Crippen molar-refractivity contribution in [1.29, 1.82) is 0 Å². The standard InChI is InChI=1S/C67H48BN2OS/c1-40-31-54(51-38-53-52-33-44-19-11-13-21-46(44)35-60(52)71-61(53)39-57(51)69-49-26-23-42(24-27-49)41-15-7-5-8-16-41)65-59(32-40)70(58-29-25-48(67(2,3)4)37-50(58)43-17-9-6-10-18-43)66-56(68-65)28-30-62-64(66)55-34-45-20-12-14-22-47(45)36-63(55)72-62/h5-39,69H,1-4H3. The number of benzene rings is 11. The third kappa shape index (κ3) is 7.02. The average molecular weight is 940 g/mol. The molecule has 14 rings (SSSR count). The highest BCUT2D eigenvalue weighted by Gasteiger charge is 2.33. The Morgan fingerprint density at radius 3 is 1.83 bits per heavy atom. The first-order valence-electron chi connectivity index (χ1n) is 24.9. The fraction of sp³-hybridized carbons (Fsp3) is 0.0746. The number of hydrogen-bond donors (Lipinski definition) is 1. The van der Waals surface area contributed by atoms with Crippen LogP contribution in [0.25, 0.3) is 97.0 Å². The van der Waals surface area contributed by atoms with Crippen molar-refractivity contribution in [3.8, 4) is 33.4 Å². The third-order valence-corrected chi connectivity index (χ3v) is 15.9. The zero-order chi connectivity index (χ0) is 48.2. The van der Waals surface area contributed by atoms with E-state index in [1.807, 2.05) is 11.3 Å². The lowest BCUT2D eigenvalue weighted by Crippen LogP contribution is -2.41. The minimum atomic E-state index is -0.0529. The SMILES string of the molecule is Cc1cc(-c2cc3c(cc2Nc2ccc(-c4ccccc4)cc2)oc2cc4ccccc4cc23)c2c(c1)N(c1ccc(C(C)(C)C)cc1-c1ccccc1)c1c(ccc3sc4cc5ccccc5cc4c13)[B]2. The van der Waals surface area contributed by atoms with Gasteiger partial charge >= 0.3 is 0 Å². The molecule has 0 fully saturated rings. The van der Waals surface area contributed by atoms with Gasteiger partial charge in [-0.25, -0.2) is 0 Å². The summed E-state index contributed by atoms with van der Waals surface area (Å²) in [7, 11) is 2.45. The number of hydrogen-bond acceptors (Lipinski definition) is 4. The Labute approximate surface area is 423 Å². The molecule has 13 aromatic rings. The molecular weight excluding hydrogens is 892 g/mol. The van der Waals surface area contributed by atoms with Gasteiger partial charge in [-0.05, 0) is 139 Å². The van der Waals surface area contributed by atoms with Crippen LogP contribution in [-0.2, 0) is 5.41 Å². The van der Waals surface area contributed by atoms with Gasteiger partial charge in [-0.15, -0.1) is 11.3 Å². The van der Waals surface area contributed by atoms with Crippen LogP contribution in [0, 0.1) is 6.92 Å². The maximum atomic E-state index is 6.79. The highest BCUT2D eigenvalue weighted by Crippen LogP contribution is 2.50. The fourth-order valence-electron chi connectivity index (χ4n) is 11.2. The normalized spacial score (nSPS) is 12.5. The van der Waals surface area contributed by atoms with Gasteiger partial charge in [0.15, 0.2) is 7.28 Å². The second-order valence-corrected chi connectivity index (χ2v) is 21.6. The van der Waals surface area contributed by atoms with Crippen molar-refractivity contribution < 1.29 is 4.42 Å². The van der Waals surface area contributed by atoms with E-state index in [4.69, 9.17) is 4.42 Å². The lowest BCUT2D eigenvalue weighted by Gasteiger charge is -2.37. The van der Waals surface area contributed by atoms with Gasteiger partial charge in [0, 0.05) is 65.2 Å². The van der Waals surface area contributed by atoms with Gasteiger partial charge in [0.1, 0.15) is 11.2 Å².